The first-order chi connectivity index (χ1) is 12.9. The molecule has 0 saturated heterocycles. The number of hydrogen-bond acceptors (Lipinski definition) is 3. The van der Waals surface area contributed by atoms with E-state index in [1.165, 1.54) is 25.3 Å². The van der Waals surface area contributed by atoms with Crippen molar-refractivity contribution in [3.63, 3.8) is 0 Å². The smallest absolute Gasteiger partial charge is 0.321 e. The molecule has 4 aliphatic carbocycles. The SMILES string of the molecule is CN(CC(=O)NC(=O)NC12CC3CC(CC(C3)C1)C2)Cc1ccccc1F. The van der Waals surface area contributed by atoms with Gasteiger partial charge in [0.15, 0.2) is 0 Å². The summed E-state index contributed by atoms with van der Waals surface area (Å²) in [7, 11) is 1.74. The topological polar surface area (TPSA) is 61.4 Å². The number of likely N-dealkylation sites (N-methyl/N-ethyl adjacent to an activating group) is 1. The van der Waals surface area contributed by atoms with Crippen LogP contribution in [0.4, 0.5) is 9.18 Å². The highest BCUT2D eigenvalue weighted by atomic mass is 19.1. The molecule has 3 amide bonds. The molecular weight excluding hydrogens is 345 g/mol. The molecule has 0 radical (unpaired) electrons. The average molecular weight is 373 g/mol. The van der Waals surface area contributed by atoms with Crippen LogP contribution < -0.4 is 10.6 Å². The summed E-state index contributed by atoms with van der Waals surface area (Å²) in [5.41, 5.74) is 0.420. The lowest BCUT2D eigenvalue weighted by molar-refractivity contribution is -0.121. The summed E-state index contributed by atoms with van der Waals surface area (Å²) < 4.78 is 13.7. The number of rotatable bonds is 5. The second-order valence-corrected chi connectivity index (χ2v) is 8.96. The van der Waals surface area contributed by atoms with E-state index in [2.05, 4.69) is 10.6 Å². The Bertz CT molecular complexity index is 701. The van der Waals surface area contributed by atoms with Crippen LogP contribution in [-0.4, -0.2) is 36.0 Å². The van der Waals surface area contributed by atoms with Gasteiger partial charge in [-0.15, -0.1) is 0 Å². The molecule has 0 spiro atoms. The second-order valence-electron chi connectivity index (χ2n) is 8.96. The molecule has 0 aromatic heterocycles. The minimum Gasteiger partial charge on any atom is -0.332 e. The van der Waals surface area contributed by atoms with E-state index >= 15 is 0 Å². The van der Waals surface area contributed by atoms with Crippen LogP contribution in [0.1, 0.15) is 44.1 Å². The molecule has 0 unspecified atom stereocenters. The fourth-order valence-electron chi connectivity index (χ4n) is 5.92. The number of halogens is 1. The fourth-order valence-corrected chi connectivity index (χ4v) is 5.92. The molecule has 4 aliphatic rings. The highest BCUT2D eigenvalue weighted by Crippen LogP contribution is 2.55. The van der Waals surface area contributed by atoms with Gasteiger partial charge in [-0.1, -0.05) is 18.2 Å². The molecular formula is C21H28FN3O2. The van der Waals surface area contributed by atoms with Gasteiger partial charge in [-0.3, -0.25) is 15.0 Å². The number of imide groups is 1. The van der Waals surface area contributed by atoms with E-state index in [1.54, 1.807) is 30.1 Å². The number of carbonyl (C=O) groups excluding carboxylic acids is 2. The van der Waals surface area contributed by atoms with Crippen molar-refractivity contribution in [3.05, 3.63) is 35.6 Å². The van der Waals surface area contributed by atoms with Gasteiger partial charge in [-0.2, -0.15) is 0 Å². The zero-order valence-electron chi connectivity index (χ0n) is 15.8. The first-order valence-corrected chi connectivity index (χ1v) is 9.95. The van der Waals surface area contributed by atoms with Crippen molar-refractivity contribution in [2.75, 3.05) is 13.6 Å². The van der Waals surface area contributed by atoms with E-state index in [9.17, 15) is 14.0 Å². The lowest BCUT2D eigenvalue weighted by Gasteiger charge is -2.56. The number of carbonyl (C=O) groups is 2. The Morgan fingerprint density at radius 1 is 1.11 bits per heavy atom. The van der Waals surface area contributed by atoms with Gasteiger partial charge in [0.2, 0.25) is 5.91 Å². The van der Waals surface area contributed by atoms with Crippen LogP contribution in [0.25, 0.3) is 0 Å². The van der Waals surface area contributed by atoms with Crippen molar-refractivity contribution >= 4 is 11.9 Å². The van der Waals surface area contributed by atoms with Crippen LogP contribution in [-0.2, 0) is 11.3 Å². The first-order valence-electron chi connectivity index (χ1n) is 9.95. The summed E-state index contributed by atoms with van der Waals surface area (Å²) in [6.45, 7) is 0.360. The number of benzene rings is 1. The molecule has 0 atom stereocenters. The quantitative estimate of drug-likeness (QED) is 0.834. The Hall–Kier alpha value is -1.95. The van der Waals surface area contributed by atoms with Crippen LogP contribution >= 0.6 is 0 Å². The van der Waals surface area contributed by atoms with Gasteiger partial charge in [0, 0.05) is 17.6 Å². The molecule has 5 rings (SSSR count). The lowest BCUT2D eigenvalue weighted by Crippen LogP contribution is -2.62. The van der Waals surface area contributed by atoms with Gasteiger partial charge >= 0.3 is 6.03 Å². The summed E-state index contributed by atoms with van der Waals surface area (Å²) in [5.74, 6) is 1.55. The van der Waals surface area contributed by atoms with E-state index in [0.29, 0.717) is 12.1 Å². The third kappa shape index (κ3) is 4.15. The van der Waals surface area contributed by atoms with E-state index in [0.717, 1.165) is 37.0 Å². The number of nitrogens with one attached hydrogen (secondary N) is 2. The standard InChI is InChI=1S/C21H28FN3O2/c1-25(12-17-4-2-3-5-18(17)22)13-19(26)23-20(27)24-21-9-14-6-15(10-21)8-16(7-14)11-21/h2-5,14-16H,6-13H2,1H3,(H2,23,24,26,27). The summed E-state index contributed by atoms with van der Waals surface area (Å²) >= 11 is 0. The normalized spacial score (nSPS) is 31.1. The number of urea groups is 1. The largest absolute Gasteiger partial charge is 0.332 e. The number of amides is 3. The van der Waals surface area contributed by atoms with Crippen LogP contribution in [0.2, 0.25) is 0 Å². The monoisotopic (exact) mass is 373 g/mol. The fraction of sp³-hybridized carbons (Fsp3) is 0.619. The van der Waals surface area contributed by atoms with E-state index in [1.807, 2.05) is 0 Å². The average Bonchev–Trinajstić information content (AvgIpc) is 2.54. The van der Waals surface area contributed by atoms with E-state index in [-0.39, 0.29) is 29.8 Å². The predicted octanol–water partition coefficient (Wildman–Crippen LogP) is 3.05. The van der Waals surface area contributed by atoms with Gasteiger partial charge < -0.3 is 5.32 Å². The van der Waals surface area contributed by atoms with Gasteiger partial charge in [0.1, 0.15) is 5.82 Å². The molecule has 4 saturated carbocycles. The van der Waals surface area contributed by atoms with Gasteiger partial charge in [-0.05, 0) is 69.4 Å². The molecule has 27 heavy (non-hydrogen) atoms. The van der Waals surface area contributed by atoms with Crippen molar-refractivity contribution in [2.45, 2.75) is 50.6 Å². The predicted molar refractivity (Wildman–Crippen MR) is 100 cm³/mol. The highest BCUT2D eigenvalue weighted by Gasteiger charge is 2.51. The van der Waals surface area contributed by atoms with Crippen LogP contribution in [0.5, 0.6) is 0 Å². The minimum absolute atomic E-state index is 0.0443. The maximum atomic E-state index is 13.7. The second kappa shape index (κ2) is 7.23. The Morgan fingerprint density at radius 2 is 1.70 bits per heavy atom. The molecule has 6 heteroatoms. The maximum absolute atomic E-state index is 13.7. The summed E-state index contributed by atoms with van der Waals surface area (Å²) in [6.07, 6.45) is 7.07. The molecule has 4 bridgehead atoms. The van der Waals surface area contributed by atoms with E-state index < -0.39 is 0 Å². The summed E-state index contributed by atoms with van der Waals surface area (Å²) in [6, 6.07) is 6.12. The van der Waals surface area contributed by atoms with Crippen molar-refractivity contribution < 1.29 is 14.0 Å². The van der Waals surface area contributed by atoms with Crippen LogP contribution in [0, 0.1) is 23.6 Å². The molecule has 146 valence electrons. The minimum atomic E-state index is -0.388. The molecule has 1 aromatic rings. The zero-order valence-corrected chi connectivity index (χ0v) is 15.8. The van der Waals surface area contributed by atoms with Crippen molar-refractivity contribution in [1.29, 1.82) is 0 Å². The Labute approximate surface area is 159 Å². The van der Waals surface area contributed by atoms with Gasteiger partial charge in [-0.25, -0.2) is 9.18 Å². The third-order valence-electron chi connectivity index (χ3n) is 6.48. The Kier molecular flexibility index (Phi) is 4.93. The van der Waals surface area contributed by atoms with Crippen molar-refractivity contribution in [1.82, 2.24) is 15.5 Å². The van der Waals surface area contributed by atoms with Crippen molar-refractivity contribution in [2.24, 2.45) is 17.8 Å². The van der Waals surface area contributed by atoms with Crippen LogP contribution in [0.15, 0.2) is 24.3 Å². The highest BCUT2D eigenvalue weighted by molar-refractivity contribution is 5.95. The molecule has 0 aliphatic heterocycles. The van der Waals surface area contributed by atoms with Gasteiger partial charge in [0.05, 0.1) is 6.54 Å². The summed E-state index contributed by atoms with van der Waals surface area (Å²) in [5, 5.41) is 5.60. The number of nitrogens with zero attached hydrogens (tertiary/aromatic N) is 1. The molecule has 4 fully saturated rings. The maximum Gasteiger partial charge on any atom is 0.321 e. The third-order valence-corrected chi connectivity index (χ3v) is 6.48. The molecule has 0 heterocycles. The molecule has 2 N–H and O–H groups in total. The van der Waals surface area contributed by atoms with Crippen molar-refractivity contribution in [3.8, 4) is 0 Å². The van der Waals surface area contributed by atoms with E-state index in [4.69, 9.17) is 0 Å². The zero-order chi connectivity index (χ0) is 19.0. The lowest BCUT2D eigenvalue weighted by atomic mass is 9.53. The first kappa shape index (κ1) is 18.4. The summed E-state index contributed by atoms with van der Waals surface area (Å²) in [4.78, 5) is 26.3. The van der Waals surface area contributed by atoms with Crippen LogP contribution in [0.3, 0.4) is 0 Å². The molecule has 5 nitrogen and oxygen atoms in total. The molecule has 1 aromatic carbocycles. The Morgan fingerprint density at radius 3 is 2.30 bits per heavy atom. The number of hydrogen-bond donors (Lipinski definition) is 2. The van der Waals surface area contributed by atoms with Gasteiger partial charge in [0.25, 0.3) is 0 Å². The Balaban J connectivity index is 1.27.